The van der Waals surface area contributed by atoms with Gasteiger partial charge in [-0.1, -0.05) is 0 Å². The van der Waals surface area contributed by atoms with Crippen LogP contribution in [0.15, 0.2) is 31.0 Å². The maximum atomic E-state index is 12.6. The van der Waals surface area contributed by atoms with Crippen molar-refractivity contribution in [1.29, 1.82) is 0 Å². The van der Waals surface area contributed by atoms with E-state index in [2.05, 4.69) is 15.1 Å². The van der Waals surface area contributed by atoms with Gasteiger partial charge < -0.3 is 9.64 Å². The number of piperidine rings is 1. The average molecular weight is 341 g/mol. The highest BCUT2D eigenvalue weighted by Gasteiger charge is 2.43. The van der Waals surface area contributed by atoms with Crippen LogP contribution in [0.4, 0.5) is 0 Å². The molecule has 132 valence electrons. The molecule has 1 atom stereocenters. The number of nitrogens with zero attached hydrogens (tertiary/aromatic N) is 5. The summed E-state index contributed by atoms with van der Waals surface area (Å²) < 4.78 is 7.85. The van der Waals surface area contributed by atoms with E-state index in [9.17, 15) is 4.79 Å². The molecule has 0 N–H and O–H groups in total. The number of carbonyl (C=O) groups is 1. The molecule has 0 saturated carbocycles. The van der Waals surface area contributed by atoms with Crippen molar-refractivity contribution in [3.05, 3.63) is 42.2 Å². The van der Waals surface area contributed by atoms with Crippen LogP contribution in [0.1, 0.15) is 35.3 Å². The van der Waals surface area contributed by atoms with Crippen LogP contribution < -0.4 is 0 Å². The fraction of sp³-hybridized carbons (Fsp3) is 0.556. The van der Waals surface area contributed by atoms with Crippen LogP contribution in [0.2, 0.25) is 0 Å². The third kappa shape index (κ3) is 3.28. The van der Waals surface area contributed by atoms with E-state index in [0.717, 1.165) is 50.9 Å². The molecular weight excluding hydrogens is 318 g/mol. The molecule has 1 spiro atoms. The zero-order valence-corrected chi connectivity index (χ0v) is 14.5. The molecule has 0 bridgehead atoms. The third-order valence-corrected chi connectivity index (χ3v) is 5.43. The van der Waals surface area contributed by atoms with Crippen LogP contribution in [0.3, 0.4) is 0 Å². The predicted molar refractivity (Wildman–Crippen MR) is 90.9 cm³/mol. The molecule has 7 heteroatoms. The van der Waals surface area contributed by atoms with Crippen LogP contribution in [-0.2, 0) is 18.2 Å². The number of rotatable bonds is 3. The van der Waals surface area contributed by atoms with Gasteiger partial charge in [-0.2, -0.15) is 5.10 Å². The molecule has 0 aromatic carbocycles. The Bertz CT molecular complexity index is 737. The highest BCUT2D eigenvalue weighted by Crippen LogP contribution is 2.39. The molecule has 7 nitrogen and oxygen atoms in total. The van der Waals surface area contributed by atoms with Crippen LogP contribution >= 0.6 is 0 Å². The minimum absolute atomic E-state index is 0.0610. The first kappa shape index (κ1) is 16.2. The summed E-state index contributed by atoms with van der Waals surface area (Å²) in [5, 5.41) is 4.09. The first-order valence-electron chi connectivity index (χ1n) is 8.80. The lowest BCUT2D eigenvalue weighted by Gasteiger charge is -2.38. The lowest BCUT2D eigenvalue weighted by molar-refractivity contribution is -0.0392. The SMILES string of the molecule is Cn1nccc1C(=O)N1CCC2(CC1)C[C@H](Cc1cncnc1)CO2. The van der Waals surface area contributed by atoms with Crippen LogP contribution in [-0.4, -0.2) is 55.9 Å². The number of hydrogen-bond acceptors (Lipinski definition) is 5. The van der Waals surface area contributed by atoms with Crippen molar-refractivity contribution in [2.45, 2.75) is 31.3 Å². The van der Waals surface area contributed by atoms with E-state index in [1.807, 2.05) is 17.3 Å². The Kier molecular flexibility index (Phi) is 4.25. The summed E-state index contributed by atoms with van der Waals surface area (Å²) >= 11 is 0. The van der Waals surface area contributed by atoms with Crippen molar-refractivity contribution in [3.63, 3.8) is 0 Å². The van der Waals surface area contributed by atoms with Gasteiger partial charge in [0.1, 0.15) is 12.0 Å². The topological polar surface area (TPSA) is 73.1 Å². The van der Waals surface area contributed by atoms with E-state index in [0.29, 0.717) is 11.6 Å². The van der Waals surface area contributed by atoms with Gasteiger partial charge in [0.2, 0.25) is 0 Å². The second kappa shape index (κ2) is 6.55. The molecule has 1 amide bonds. The quantitative estimate of drug-likeness (QED) is 0.845. The average Bonchev–Trinajstić information content (AvgIpc) is 3.23. The minimum atomic E-state index is -0.0659. The van der Waals surface area contributed by atoms with Crippen molar-refractivity contribution in [2.24, 2.45) is 13.0 Å². The summed E-state index contributed by atoms with van der Waals surface area (Å²) in [7, 11) is 1.80. The van der Waals surface area contributed by atoms with E-state index >= 15 is 0 Å². The Morgan fingerprint density at radius 1 is 1.32 bits per heavy atom. The van der Waals surface area contributed by atoms with Crippen LogP contribution in [0.25, 0.3) is 0 Å². The van der Waals surface area contributed by atoms with Crippen molar-refractivity contribution in [3.8, 4) is 0 Å². The van der Waals surface area contributed by atoms with Gasteiger partial charge in [-0.25, -0.2) is 9.97 Å². The smallest absolute Gasteiger partial charge is 0.272 e. The monoisotopic (exact) mass is 341 g/mol. The van der Waals surface area contributed by atoms with Crippen LogP contribution in [0.5, 0.6) is 0 Å². The van der Waals surface area contributed by atoms with Crippen LogP contribution in [0, 0.1) is 5.92 Å². The Balaban J connectivity index is 1.34. The molecular formula is C18H23N5O2. The zero-order chi connectivity index (χ0) is 17.3. The molecule has 2 fully saturated rings. The Morgan fingerprint density at radius 2 is 2.08 bits per heavy atom. The molecule has 0 unspecified atom stereocenters. The van der Waals surface area contributed by atoms with Crippen molar-refractivity contribution in [1.82, 2.24) is 24.6 Å². The summed E-state index contributed by atoms with van der Waals surface area (Å²) in [6, 6.07) is 1.77. The Morgan fingerprint density at radius 3 is 2.76 bits per heavy atom. The molecule has 2 saturated heterocycles. The summed E-state index contributed by atoms with van der Waals surface area (Å²) in [4.78, 5) is 22.7. The summed E-state index contributed by atoms with van der Waals surface area (Å²) in [6.07, 6.45) is 10.8. The van der Waals surface area contributed by atoms with Crippen molar-refractivity contribution in [2.75, 3.05) is 19.7 Å². The predicted octanol–water partition coefficient (Wildman–Crippen LogP) is 1.46. The molecule has 25 heavy (non-hydrogen) atoms. The third-order valence-electron chi connectivity index (χ3n) is 5.43. The number of carbonyl (C=O) groups excluding carboxylic acids is 1. The van der Waals surface area contributed by atoms with Gasteiger partial charge >= 0.3 is 0 Å². The normalized spacial score (nSPS) is 22.4. The van der Waals surface area contributed by atoms with Gasteiger partial charge in [0, 0.05) is 38.7 Å². The molecule has 2 aromatic rings. The maximum Gasteiger partial charge on any atom is 0.272 e. The van der Waals surface area contributed by atoms with Crippen molar-refractivity contribution < 1.29 is 9.53 Å². The number of ether oxygens (including phenoxy) is 1. The zero-order valence-electron chi connectivity index (χ0n) is 14.5. The second-order valence-corrected chi connectivity index (χ2v) is 7.15. The minimum Gasteiger partial charge on any atom is -0.375 e. The fourth-order valence-electron chi connectivity index (χ4n) is 4.05. The van der Waals surface area contributed by atoms with E-state index in [1.54, 1.807) is 30.3 Å². The first-order valence-corrected chi connectivity index (χ1v) is 8.80. The van der Waals surface area contributed by atoms with E-state index in [4.69, 9.17) is 4.74 Å². The number of aromatic nitrogens is 4. The highest BCUT2D eigenvalue weighted by atomic mass is 16.5. The molecule has 4 rings (SSSR count). The number of amides is 1. The van der Waals surface area contributed by atoms with E-state index in [-0.39, 0.29) is 11.5 Å². The lowest BCUT2D eigenvalue weighted by Crippen LogP contribution is -2.46. The fourth-order valence-corrected chi connectivity index (χ4v) is 4.05. The van der Waals surface area contributed by atoms with Gasteiger partial charge in [0.05, 0.1) is 12.2 Å². The summed E-state index contributed by atoms with van der Waals surface area (Å²) in [6.45, 7) is 2.26. The summed E-state index contributed by atoms with van der Waals surface area (Å²) in [5.41, 5.74) is 1.74. The van der Waals surface area contributed by atoms with Gasteiger partial charge in [-0.15, -0.1) is 0 Å². The molecule has 2 aromatic heterocycles. The van der Waals surface area contributed by atoms with Gasteiger partial charge in [0.25, 0.3) is 5.91 Å². The molecule has 2 aliphatic rings. The lowest BCUT2D eigenvalue weighted by atomic mass is 9.84. The molecule has 0 radical (unpaired) electrons. The maximum absolute atomic E-state index is 12.6. The largest absolute Gasteiger partial charge is 0.375 e. The highest BCUT2D eigenvalue weighted by molar-refractivity contribution is 5.92. The van der Waals surface area contributed by atoms with E-state index in [1.165, 1.54) is 0 Å². The second-order valence-electron chi connectivity index (χ2n) is 7.15. The number of aryl methyl sites for hydroxylation is 1. The van der Waals surface area contributed by atoms with E-state index < -0.39 is 0 Å². The molecule has 0 aliphatic carbocycles. The number of likely N-dealkylation sites (tertiary alicyclic amines) is 1. The Labute approximate surface area is 147 Å². The molecule has 2 aliphatic heterocycles. The van der Waals surface area contributed by atoms with Crippen molar-refractivity contribution >= 4 is 5.91 Å². The van der Waals surface area contributed by atoms with Gasteiger partial charge in [-0.3, -0.25) is 9.48 Å². The first-order chi connectivity index (χ1) is 12.2. The summed E-state index contributed by atoms with van der Waals surface area (Å²) in [5.74, 6) is 0.566. The van der Waals surface area contributed by atoms with Gasteiger partial charge in [-0.05, 0) is 43.2 Å². The molecule has 4 heterocycles. The van der Waals surface area contributed by atoms with Gasteiger partial charge in [0.15, 0.2) is 0 Å². The standard InChI is InChI=1S/C18H23N5O2/c1-22-16(2-5-21-22)17(24)23-6-3-18(4-7-23)9-14(12-25-18)8-15-10-19-13-20-11-15/h2,5,10-11,13-14H,3-4,6-9,12H2,1H3/t14-/m0/s1. The number of hydrogen-bond donors (Lipinski definition) is 0. The Hall–Kier alpha value is -2.28.